The van der Waals surface area contributed by atoms with Crippen LogP contribution in [0.5, 0.6) is 0 Å². The molecule has 0 heterocycles. The third-order valence-corrected chi connectivity index (χ3v) is 1.53. The summed E-state index contributed by atoms with van der Waals surface area (Å²) in [6.07, 6.45) is 0. The molecule has 0 bridgehead atoms. The second kappa shape index (κ2) is 4.18. The maximum absolute atomic E-state index is 11.1. The quantitative estimate of drug-likeness (QED) is 0.583. The lowest BCUT2D eigenvalue weighted by Gasteiger charge is -2.01. The van der Waals surface area contributed by atoms with Crippen LogP contribution in [-0.4, -0.2) is 22.1 Å². The fourth-order valence-corrected chi connectivity index (χ4v) is 0.964. The fourth-order valence-electron chi connectivity index (χ4n) is 0.964. The highest BCUT2D eigenvalue weighted by atomic mass is 17.0. The van der Waals surface area contributed by atoms with E-state index in [0.29, 0.717) is 0 Å². The molecule has 0 aromatic heterocycles. The Bertz CT molecular complexity index is 427. The molecule has 0 aliphatic carbocycles. The molecule has 0 atom stereocenters. The Labute approximate surface area is 83.0 Å². The van der Waals surface area contributed by atoms with Crippen LogP contribution in [0.2, 0.25) is 0 Å². The van der Waals surface area contributed by atoms with Crippen molar-refractivity contribution >= 4 is 11.9 Å². The van der Waals surface area contributed by atoms with E-state index in [-0.39, 0.29) is 11.1 Å². The number of rotatable bonds is 3. The van der Waals surface area contributed by atoms with Gasteiger partial charge in [-0.25, -0.2) is 9.63 Å². The molecule has 7 heteroatoms. The van der Waals surface area contributed by atoms with Crippen LogP contribution < -0.4 is 0 Å². The van der Waals surface area contributed by atoms with E-state index >= 15 is 0 Å². The molecule has 78 valence electrons. The second-order valence-electron chi connectivity index (χ2n) is 2.45. The van der Waals surface area contributed by atoms with E-state index in [4.69, 9.17) is 5.11 Å². The van der Waals surface area contributed by atoms with E-state index in [1.54, 1.807) is 0 Å². The summed E-state index contributed by atoms with van der Waals surface area (Å²) >= 11 is 0. The summed E-state index contributed by atoms with van der Waals surface area (Å²) in [5.41, 5.74) is -0.703. The van der Waals surface area contributed by atoms with Gasteiger partial charge in [-0.3, -0.25) is 4.79 Å². The van der Waals surface area contributed by atoms with E-state index in [1.807, 2.05) is 0 Å². The number of benzene rings is 1. The standard InChI is InChI=1S/C8H5NO6/c10-7(11)5-3-1-2-4-6(5)8(12)15-9(13)14/h1-4H,(H,10,11). The maximum atomic E-state index is 11.1. The van der Waals surface area contributed by atoms with E-state index in [9.17, 15) is 19.7 Å². The topological polar surface area (TPSA) is 107 Å². The van der Waals surface area contributed by atoms with Crippen molar-refractivity contribution in [2.45, 2.75) is 0 Å². The number of carbonyl (C=O) groups is 2. The Morgan fingerprint density at radius 1 is 1.27 bits per heavy atom. The van der Waals surface area contributed by atoms with Crippen molar-refractivity contribution in [3.05, 3.63) is 45.5 Å². The van der Waals surface area contributed by atoms with Gasteiger partial charge in [-0.05, 0) is 12.1 Å². The van der Waals surface area contributed by atoms with Crippen LogP contribution in [0, 0.1) is 10.1 Å². The van der Waals surface area contributed by atoms with Crippen LogP contribution >= 0.6 is 0 Å². The predicted molar refractivity (Wildman–Crippen MR) is 45.8 cm³/mol. The smallest absolute Gasteiger partial charge is 0.336 e. The average Bonchev–Trinajstić information content (AvgIpc) is 2.16. The van der Waals surface area contributed by atoms with Gasteiger partial charge in [0.2, 0.25) is 0 Å². The number of carboxylic acid groups (broad SMARTS) is 1. The monoisotopic (exact) mass is 211 g/mol. The summed E-state index contributed by atoms with van der Waals surface area (Å²) in [5, 5.41) is 17.3. The number of carbonyl (C=O) groups excluding carboxylic acids is 1. The van der Waals surface area contributed by atoms with Gasteiger partial charge in [-0.2, -0.15) is 0 Å². The molecule has 1 rings (SSSR count). The SMILES string of the molecule is O=C(O)c1ccccc1C(=O)O[N+](=O)[O-]. The van der Waals surface area contributed by atoms with Crippen LogP contribution in [0.25, 0.3) is 0 Å². The van der Waals surface area contributed by atoms with Crippen molar-refractivity contribution in [1.29, 1.82) is 0 Å². The van der Waals surface area contributed by atoms with Gasteiger partial charge in [-0.15, -0.1) is 10.1 Å². The summed E-state index contributed by atoms with van der Waals surface area (Å²) in [7, 11) is 0. The van der Waals surface area contributed by atoms with Crippen molar-refractivity contribution < 1.29 is 24.6 Å². The number of carboxylic acids is 1. The second-order valence-corrected chi connectivity index (χ2v) is 2.45. The van der Waals surface area contributed by atoms with Crippen molar-refractivity contribution in [3.8, 4) is 0 Å². The maximum Gasteiger partial charge on any atom is 0.336 e. The summed E-state index contributed by atoms with van der Waals surface area (Å²) in [6.45, 7) is 0. The summed E-state index contributed by atoms with van der Waals surface area (Å²) < 4.78 is 0. The Balaban J connectivity index is 3.08. The predicted octanol–water partition coefficient (Wildman–Crippen LogP) is 0.733. The van der Waals surface area contributed by atoms with Crippen molar-refractivity contribution in [2.75, 3.05) is 0 Å². The van der Waals surface area contributed by atoms with Gasteiger partial charge in [0.1, 0.15) is 0 Å². The van der Waals surface area contributed by atoms with Gasteiger partial charge >= 0.3 is 17.0 Å². The third-order valence-electron chi connectivity index (χ3n) is 1.53. The van der Waals surface area contributed by atoms with Crippen molar-refractivity contribution in [2.24, 2.45) is 0 Å². The minimum Gasteiger partial charge on any atom is -0.478 e. The van der Waals surface area contributed by atoms with E-state index in [0.717, 1.165) is 12.1 Å². The van der Waals surface area contributed by atoms with Crippen LogP contribution in [0.3, 0.4) is 0 Å². The molecule has 15 heavy (non-hydrogen) atoms. The zero-order valence-electron chi connectivity index (χ0n) is 7.25. The molecule has 0 amide bonds. The molecule has 1 N–H and O–H groups in total. The zero-order chi connectivity index (χ0) is 11.4. The van der Waals surface area contributed by atoms with Gasteiger partial charge in [0.25, 0.3) is 0 Å². The van der Waals surface area contributed by atoms with Gasteiger partial charge in [0.05, 0.1) is 11.1 Å². The zero-order valence-corrected chi connectivity index (χ0v) is 7.25. The molecule has 0 saturated heterocycles. The highest BCUT2D eigenvalue weighted by molar-refractivity contribution is 6.02. The first kappa shape index (κ1) is 10.6. The molecule has 0 spiro atoms. The highest BCUT2D eigenvalue weighted by Crippen LogP contribution is 2.10. The minimum absolute atomic E-state index is 0.343. The number of hydrogen-bond acceptors (Lipinski definition) is 5. The highest BCUT2D eigenvalue weighted by Gasteiger charge is 2.18. The molecule has 1 aromatic carbocycles. The minimum atomic E-state index is -1.36. The summed E-state index contributed by atoms with van der Waals surface area (Å²) in [4.78, 5) is 35.2. The molecular formula is C8H5NO6. The van der Waals surface area contributed by atoms with Crippen LogP contribution in [0.1, 0.15) is 20.7 Å². The molecule has 0 unspecified atom stereocenters. The summed E-state index contributed by atoms with van der Waals surface area (Å²) in [6, 6.07) is 5.06. The Morgan fingerprint density at radius 2 is 1.80 bits per heavy atom. The lowest BCUT2D eigenvalue weighted by Crippen LogP contribution is -2.14. The Hall–Kier alpha value is -2.44. The largest absolute Gasteiger partial charge is 0.478 e. The third kappa shape index (κ3) is 2.50. The normalized spacial score (nSPS) is 9.33. The van der Waals surface area contributed by atoms with Crippen molar-refractivity contribution in [1.82, 2.24) is 0 Å². The molecule has 7 nitrogen and oxygen atoms in total. The molecule has 1 aromatic rings. The van der Waals surface area contributed by atoms with E-state index in [2.05, 4.69) is 4.84 Å². The van der Waals surface area contributed by atoms with Gasteiger partial charge in [0.15, 0.2) is 0 Å². The van der Waals surface area contributed by atoms with Gasteiger partial charge < -0.3 is 5.11 Å². The van der Waals surface area contributed by atoms with Gasteiger partial charge in [-0.1, -0.05) is 12.1 Å². The van der Waals surface area contributed by atoms with E-state index < -0.39 is 17.0 Å². The lowest BCUT2D eigenvalue weighted by atomic mass is 10.1. The molecule has 0 saturated carbocycles. The first-order valence-corrected chi connectivity index (χ1v) is 3.71. The number of nitrogens with zero attached hydrogens (tertiary/aromatic N) is 1. The van der Waals surface area contributed by atoms with E-state index in [1.165, 1.54) is 12.1 Å². The summed E-state index contributed by atoms with van der Waals surface area (Å²) in [5.74, 6) is -2.66. The molecule has 0 radical (unpaired) electrons. The van der Waals surface area contributed by atoms with Crippen LogP contribution in [-0.2, 0) is 4.84 Å². The van der Waals surface area contributed by atoms with Crippen molar-refractivity contribution in [3.63, 3.8) is 0 Å². The van der Waals surface area contributed by atoms with Gasteiger partial charge in [0, 0.05) is 0 Å². The average molecular weight is 211 g/mol. The first-order valence-electron chi connectivity index (χ1n) is 3.71. The molecule has 0 aliphatic rings. The Morgan fingerprint density at radius 3 is 2.27 bits per heavy atom. The molecular weight excluding hydrogens is 206 g/mol. The van der Waals surface area contributed by atoms with Crippen LogP contribution in [0.4, 0.5) is 0 Å². The first-order chi connectivity index (χ1) is 7.02. The number of hydrogen-bond donors (Lipinski definition) is 1. The molecule has 0 fully saturated rings. The lowest BCUT2D eigenvalue weighted by molar-refractivity contribution is -0.727. The fraction of sp³-hybridized carbons (Fsp3) is 0. The molecule has 0 aliphatic heterocycles. The Kier molecular flexibility index (Phi) is 2.97. The van der Waals surface area contributed by atoms with Crippen LogP contribution in [0.15, 0.2) is 24.3 Å². The number of aromatic carboxylic acids is 1.